The van der Waals surface area contributed by atoms with Gasteiger partial charge in [-0.05, 0) is 37.1 Å². The molecule has 1 aliphatic rings. The van der Waals surface area contributed by atoms with E-state index in [2.05, 4.69) is 46.6 Å². The molecule has 0 saturated carbocycles. The second-order valence-corrected chi connectivity index (χ2v) is 6.92. The maximum absolute atomic E-state index is 13.0. The van der Waals surface area contributed by atoms with Crippen LogP contribution in [0.2, 0.25) is 0 Å². The van der Waals surface area contributed by atoms with Crippen molar-refractivity contribution in [1.29, 1.82) is 0 Å². The molecule has 0 bridgehead atoms. The number of carbonyl (C=O) groups excluding carboxylic acids is 1. The summed E-state index contributed by atoms with van der Waals surface area (Å²) in [5, 5.41) is 3.40. The van der Waals surface area contributed by atoms with Crippen LogP contribution in [0, 0.1) is 0 Å². The summed E-state index contributed by atoms with van der Waals surface area (Å²) in [5.74, 6) is 0.228. The summed E-state index contributed by atoms with van der Waals surface area (Å²) in [6, 6.07) is 20.7. The van der Waals surface area contributed by atoms with Gasteiger partial charge in [-0.3, -0.25) is 9.69 Å². The van der Waals surface area contributed by atoms with Crippen LogP contribution in [0.15, 0.2) is 60.7 Å². The number of benzene rings is 2. The van der Waals surface area contributed by atoms with Gasteiger partial charge >= 0.3 is 0 Å². The normalized spacial score (nSPS) is 14.8. The molecule has 1 heterocycles. The van der Waals surface area contributed by atoms with Gasteiger partial charge in [-0.15, -0.1) is 12.4 Å². The minimum Gasteiger partial charge on any atom is -0.337 e. The summed E-state index contributed by atoms with van der Waals surface area (Å²) in [5.41, 5.74) is 2.46. The zero-order valence-electron chi connectivity index (χ0n) is 15.8. The van der Waals surface area contributed by atoms with Crippen molar-refractivity contribution < 1.29 is 4.79 Å². The Balaban J connectivity index is 0.00000261. The van der Waals surface area contributed by atoms with E-state index < -0.39 is 0 Å². The van der Waals surface area contributed by atoms with Gasteiger partial charge in [-0.2, -0.15) is 0 Å². The van der Waals surface area contributed by atoms with Gasteiger partial charge in [0.15, 0.2) is 0 Å². The van der Waals surface area contributed by atoms with Crippen LogP contribution in [0.3, 0.4) is 0 Å². The van der Waals surface area contributed by atoms with Gasteiger partial charge in [-0.25, -0.2) is 0 Å². The van der Waals surface area contributed by atoms with Crippen molar-refractivity contribution in [3.63, 3.8) is 0 Å². The molecular weight excluding hydrogens is 358 g/mol. The number of nitrogens with zero attached hydrogens (tertiary/aromatic N) is 2. The van der Waals surface area contributed by atoms with Gasteiger partial charge in [0.05, 0.1) is 6.54 Å². The van der Waals surface area contributed by atoms with Crippen LogP contribution in [0.25, 0.3) is 0 Å². The van der Waals surface area contributed by atoms with Crippen LogP contribution in [0.5, 0.6) is 0 Å². The second-order valence-electron chi connectivity index (χ2n) is 6.92. The summed E-state index contributed by atoms with van der Waals surface area (Å²) in [6.45, 7) is 5.91. The highest BCUT2D eigenvalue weighted by atomic mass is 35.5. The van der Waals surface area contributed by atoms with Gasteiger partial charge in [-0.1, -0.05) is 60.7 Å². The molecule has 27 heavy (non-hydrogen) atoms. The van der Waals surface area contributed by atoms with Crippen LogP contribution < -0.4 is 5.32 Å². The first-order valence-electron chi connectivity index (χ1n) is 9.60. The fraction of sp³-hybridized carbons (Fsp3) is 0.409. The van der Waals surface area contributed by atoms with Crippen molar-refractivity contribution in [3.05, 3.63) is 71.8 Å². The van der Waals surface area contributed by atoms with Gasteiger partial charge in [0.1, 0.15) is 0 Å². The number of hydrogen-bond donors (Lipinski definition) is 1. The third-order valence-electron chi connectivity index (χ3n) is 4.87. The summed E-state index contributed by atoms with van der Waals surface area (Å²) >= 11 is 0. The average molecular weight is 388 g/mol. The standard InChI is InChI=1S/C22H29N3O.ClH/c26-22(19-24-15-7-13-23-14-17-24)25(18-21-10-5-2-6-11-21)16-12-20-8-3-1-4-9-20;/h1-6,8-11,23H,7,12-19H2;1H. The molecule has 0 radical (unpaired) electrons. The Kier molecular flexibility index (Phi) is 9.32. The van der Waals surface area contributed by atoms with Crippen molar-refractivity contribution in [2.24, 2.45) is 0 Å². The first-order chi connectivity index (χ1) is 12.8. The molecule has 1 amide bonds. The third kappa shape index (κ3) is 7.33. The summed E-state index contributed by atoms with van der Waals surface area (Å²) < 4.78 is 0. The number of carbonyl (C=O) groups is 1. The smallest absolute Gasteiger partial charge is 0.237 e. The first kappa shape index (κ1) is 21.4. The third-order valence-corrected chi connectivity index (χ3v) is 4.87. The van der Waals surface area contributed by atoms with E-state index >= 15 is 0 Å². The number of rotatable bonds is 7. The van der Waals surface area contributed by atoms with Crippen LogP contribution in [-0.2, 0) is 17.8 Å². The largest absolute Gasteiger partial charge is 0.337 e. The average Bonchev–Trinajstić information content (AvgIpc) is 2.95. The Hall–Kier alpha value is -1.88. The predicted octanol–water partition coefficient (Wildman–Crippen LogP) is 2.98. The number of hydrogen-bond acceptors (Lipinski definition) is 3. The molecule has 0 atom stereocenters. The SMILES string of the molecule is Cl.O=C(CN1CCCNCC1)N(CCc1ccccc1)Cc1ccccc1. The second kappa shape index (κ2) is 11.8. The van der Waals surface area contributed by atoms with E-state index in [4.69, 9.17) is 0 Å². The Labute approximate surface area is 169 Å². The van der Waals surface area contributed by atoms with Crippen LogP contribution in [0.1, 0.15) is 17.5 Å². The highest BCUT2D eigenvalue weighted by Gasteiger charge is 2.18. The van der Waals surface area contributed by atoms with E-state index in [0.717, 1.165) is 45.6 Å². The lowest BCUT2D eigenvalue weighted by atomic mass is 10.1. The molecule has 3 rings (SSSR count). The van der Waals surface area contributed by atoms with E-state index in [1.807, 2.05) is 29.2 Å². The lowest BCUT2D eigenvalue weighted by molar-refractivity contribution is -0.133. The van der Waals surface area contributed by atoms with Crippen molar-refractivity contribution >= 4 is 18.3 Å². The first-order valence-corrected chi connectivity index (χ1v) is 9.60. The molecule has 2 aromatic rings. The van der Waals surface area contributed by atoms with E-state index in [0.29, 0.717) is 13.1 Å². The maximum Gasteiger partial charge on any atom is 0.237 e. The van der Waals surface area contributed by atoms with E-state index in [1.165, 1.54) is 11.1 Å². The molecule has 5 heteroatoms. The zero-order chi connectivity index (χ0) is 18.0. The van der Waals surface area contributed by atoms with E-state index in [-0.39, 0.29) is 18.3 Å². The quantitative estimate of drug-likeness (QED) is 0.793. The van der Waals surface area contributed by atoms with Gasteiger partial charge in [0.25, 0.3) is 0 Å². The lowest BCUT2D eigenvalue weighted by Crippen LogP contribution is -2.42. The van der Waals surface area contributed by atoms with E-state index in [1.54, 1.807) is 0 Å². The minimum absolute atomic E-state index is 0. The number of nitrogens with one attached hydrogen (secondary N) is 1. The molecule has 0 spiro atoms. The van der Waals surface area contributed by atoms with Crippen molar-refractivity contribution in [1.82, 2.24) is 15.1 Å². The molecule has 0 aromatic heterocycles. The summed E-state index contributed by atoms with van der Waals surface area (Å²) in [7, 11) is 0. The molecule has 2 aromatic carbocycles. The number of halogens is 1. The summed E-state index contributed by atoms with van der Waals surface area (Å²) in [6.07, 6.45) is 2.00. The minimum atomic E-state index is 0. The fourth-order valence-corrected chi connectivity index (χ4v) is 3.36. The zero-order valence-corrected chi connectivity index (χ0v) is 16.7. The Morgan fingerprint density at radius 3 is 2.30 bits per heavy atom. The topological polar surface area (TPSA) is 35.6 Å². The maximum atomic E-state index is 13.0. The number of amides is 1. The Bertz CT molecular complexity index is 658. The Morgan fingerprint density at radius 1 is 0.926 bits per heavy atom. The van der Waals surface area contributed by atoms with Gasteiger partial charge in [0.2, 0.25) is 5.91 Å². The molecule has 1 aliphatic heterocycles. The summed E-state index contributed by atoms with van der Waals surface area (Å²) in [4.78, 5) is 17.3. The highest BCUT2D eigenvalue weighted by molar-refractivity contribution is 5.85. The molecule has 146 valence electrons. The Morgan fingerprint density at radius 2 is 1.59 bits per heavy atom. The van der Waals surface area contributed by atoms with Crippen molar-refractivity contribution in [3.8, 4) is 0 Å². The van der Waals surface area contributed by atoms with Crippen LogP contribution in [-0.4, -0.2) is 55.0 Å². The van der Waals surface area contributed by atoms with Gasteiger partial charge in [0, 0.05) is 26.2 Å². The van der Waals surface area contributed by atoms with Crippen molar-refractivity contribution in [2.75, 3.05) is 39.3 Å². The van der Waals surface area contributed by atoms with Gasteiger partial charge < -0.3 is 10.2 Å². The molecule has 0 unspecified atom stereocenters. The van der Waals surface area contributed by atoms with Crippen LogP contribution in [0.4, 0.5) is 0 Å². The fourth-order valence-electron chi connectivity index (χ4n) is 3.36. The lowest BCUT2D eigenvalue weighted by Gasteiger charge is -2.27. The van der Waals surface area contributed by atoms with E-state index in [9.17, 15) is 4.79 Å². The predicted molar refractivity (Wildman–Crippen MR) is 113 cm³/mol. The molecule has 0 aliphatic carbocycles. The highest BCUT2D eigenvalue weighted by Crippen LogP contribution is 2.09. The van der Waals surface area contributed by atoms with Crippen LogP contribution >= 0.6 is 12.4 Å². The molecule has 1 saturated heterocycles. The monoisotopic (exact) mass is 387 g/mol. The molecule has 1 fully saturated rings. The molecular formula is C22H30ClN3O. The molecule has 1 N–H and O–H groups in total. The van der Waals surface area contributed by atoms with Crippen molar-refractivity contribution in [2.45, 2.75) is 19.4 Å². The molecule has 4 nitrogen and oxygen atoms in total.